The average molecular weight is 325 g/mol. The number of ether oxygens (including phenoxy) is 1. The molecule has 0 amide bonds. The second-order valence-corrected chi connectivity index (χ2v) is 6.71. The molecule has 106 valence electrons. The fourth-order valence-corrected chi connectivity index (χ4v) is 4.06. The van der Waals surface area contributed by atoms with Crippen LogP contribution in [0.25, 0.3) is 0 Å². The van der Waals surface area contributed by atoms with Gasteiger partial charge in [0.2, 0.25) is 0 Å². The van der Waals surface area contributed by atoms with E-state index in [0.29, 0.717) is 11.3 Å². The second-order valence-electron chi connectivity index (χ2n) is 6.15. The lowest BCUT2D eigenvalue weighted by Crippen LogP contribution is -2.23. The summed E-state index contributed by atoms with van der Waals surface area (Å²) in [6, 6.07) is 10.4. The Bertz CT molecular complexity index is 357. The SMILES string of the molecule is CC(COCc1ccccc1)CC1(CBr)CCCC1. The molecule has 1 atom stereocenters. The van der Waals surface area contributed by atoms with Crippen molar-refractivity contribution in [1.82, 2.24) is 0 Å². The van der Waals surface area contributed by atoms with E-state index in [1.54, 1.807) is 0 Å². The molecule has 1 fully saturated rings. The van der Waals surface area contributed by atoms with Crippen LogP contribution in [-0.4, -0.2) is 11.9 Å². The zero-order valence-corrected chi connectivity index (χ0v) is 13.5. The van der Waals surface area contributed by atoms with Crippen LogP contribution in [0.5, 0.6) is 0 Å². The molecule has 1 aliphatic carbocycles. The Morgan fingerprint density at radius 3 is 2.53 bits per heavy atom. The van der Waals surface area contributed by atoms with E-state index in [0.717, 1.165) is 18.5 Å². The van der Waals surface area contributed by atoms with Gasteiger partial charge in [0.1, 0.15) is 0 Å². The zero-order valence-electron chi connectivity index (χ0n) is 11.9. The van der Waals surface area contributed by atoms with Crippen LogP contribution in [0.3, 0.4) is 0 Å². The fourth-order valence-electron chi connectivity index (χ4n) is 3.27. The lowest BCUT2D eigenvalue weighted by molar-refractivity contribution is 0.0750. The summed E-state index contributed by atoms with van der Waals surface area (Å²) in [5.74, 6) is 0.652. The highest BCUT2D eigenvalue weighted by Gasteiger charge is 2.33. The van der Waals surface area contributed by atoms with Crippen molar-refractivity contribution in [2.45, 2.75) is 45.6 Å². The Kier molecular flexibility index (Phi) is 5.90. The van der Waals surface area contributed by atoms with Gasteiger partial charge in [-0.15, -0.1) is 0 Å². The molecule has 19 heavy (non-hydrogen) atoms. The van der Waals surface area contributed by atoms with E-state index in [2.05, 4.69) is 47.1 Å². The first-order valence-electron chi connectivity index (χ1n) is 7.42. The standard InChI is InChI=1S/C17H25BrO/c1-15(11-17(14-18)9-5-6-10-17)12-19-13-16-7-3-2-4-8-16/h2-4,7-8,15H,5-6,9-14H2,1H3. The summed E-state index contributed by atoms with van der Waals surface area (Å²) >= 11 is 3.73. The molecule has 0 saturated heterocycles. The summed E-state index contributed by atoms with van der Waals surface area (Å²) in [5, 5.41) is 1.16. The molecule has 2 rings (SSSR count). The Morgan fingerprint density at radius 1 is 1.21 bits per heavy atom. The Hall–Kier alpha value is -0.340. The first-order chi connectivity index (χ1) is 9.24. The van der Waals surface area contributed by atoms with E-state index in [9.17, 15) is 0 Å². The second kappa shape index (κ2) is 7.44. The van der Waals surface area contributed by atoms with Gasteiger partial charge in [-0.3, -0.25) is 0 Å². The number of alkyl halides is 1. The van der Waals surface area contributed by atoms with Crippen LogP contribution in [0, 0.1) is 11.3 Å². The van der Waals surface area contributed by atoms with Crippen molar-refractivity contribution in [1.29, 1.82) is 0 Å². The fraction of sp³-hybridized carbons (Fsp3) is 0.647. The first-order valence-corrected chi connectivity index (χ1v) is 8.54. The third-order valence-corrected chi connectivity index (χ3v) is 5.43. The zero-order chi connectivity index (χ0) is 13.6. The smallest absolute Gasteiger partial charge is 0.0717 e. The molecule has 0 N–H and O–H groups in total. The normalized spacial score (nSPS) is 19.5. The predicted octanol–water partition coefficient (Wildman–Crippen LogP) is 5.18. The van der Waals surface area contributed by atoms with Gasteiger partial charge >= 0.3 is 0 Å². The molecular weight excluding hydrogens is 300 g/mol. The maximum atomic E-state index is 5.87. The number of hydrogen-bond donors (Lipinski definition) is 0. The molecule has 0 radical (unpaired) electrons. The van der Waals surface area contributed by atoms with Crippen molar-refractivity contribution in [3.05, 3.63) is 35.9 Å². The van der Waals surface area contributed by atoms with Crippen molar-refractivity contribution < 1.29 is 4.74 Å². The molecular formula is C17H25BrO. The van der Waals surface area contributed by atoms with Crippen LogP contribution < -0.4 is 0 Å². The Labute approximate surface area is 125 Å². The molecule has 1 saturated carbocycles. The number of benzene rings is 1. The van der Waals surface area contributed by atoms with Gasteiger partial charge in [-0.1, -0.05) is 66.0 Å². The summed E-state index contributed by atoms with van der Waals surface area (Å²) in [5.41, 5.74) is 1.82. The number of hydrogen-bond acceptors (Lipinski definition) is 1. The first kappa shape index (κ1) is 15.1. The van der Waals surface area contributed by atoms with Gasteiger partial charge in [0, 0.05) is 11.9 Å². The lowest BCUT2D eigenvalue weighted by atomic mass is 9.80. The summed E-state index contributed by atoms with van der Waals surface area (Å²) in [4.78, 5) is 0. The van der Waals surface area contributed by atoms with Crippen molar-refractivity contribution in [2.75, 3.05) is 11.9 Å². The number of rotatable bonds is 7. The Morgan fingerprint density at radius 2 is 1.89 bits per heavy atom. The molecule has 0 heterocycles. The van der Waals surface area contributed by atoms with E-state index in [4.69, 9.17) is 4.74 Å². The minimum absolute atomic E-state index is 0.551. The van der Waals surface area contributed by atoms with Crippen molar-refractivity contribution >= 4 is 15.9 Å². The molecule has 1 aromatic carbocycles. The van der Waals surface area contributed by atoms with Crippen LogP contribution in [0.4, 0.5) is 0 Å². The molecule has 0 spiro atoms. The summed E-state index contributed by atoms with van der Waals surface area (Å²) in [6.45, 7) is 3.95. The molecule has 2 heteroatoms. The van der Waals surface area contributed by atoms with Crippen LogP contribution >= 0.6 is 15.9 Å². The van der Waals surface area contributed by atoms with Crippen molar-refractivity contribution in [2.24, 2.45) is 11.3 Å². The third-order valence-electron chi connectivity index (χ3n) is 4.24. The van der Waals surface area contributed by atoms with Crippen LogP contribution in [-0.2, 0) is 11.3 Å². The number of halogens is 1. The highest BCUT2D eigenvalue weighted by molar-refractivity contribution is 9.09. The van der Waals surface area contributed by atoms with Crippen LogP contribution in [0.2, 0.25) is 0 Å². The maximum absolute atomic E-state index is 5.87. The predicted molar refractivity (Wildman–Crippen MR) is 84.6 cm³/mol. The van der Waals surface area contributed by atoms with E-state index >= 15 is 0 Å². The molecule has 1 aromatic rings. The third kappa shape index (κ3) is 4.61. The van der Waals surface area contributed by atoms with Crippen molar-refractivity contribution in [3.63, 3.8) is 0 Å². The topological polar surface area (TPSA) is 9.23 Å². The van der Waals surface area contributed by atoms with Gasteiger partial charge < -0.3 is 4.74 Å². The van der Waals surface area contributed by atoms with Gasteiger partial charge in [-0.05, 0) is 36.2 Å². The van der Waals surface area contributed by atoms with Gasteiger partial charge in [0.05, 0.1) is 6.61 Å². The molecule has 0 bridgehead atoms. The van der Waals surface area contributed by atoms with E-state index in [1.807, 2.05) is 6.07 Å². The van der Waals surface area contributed by atoms with Gasteiger partial charge in [-0.25, -0.2) is 0 Å². The molecule has 1 aliphatic rings. The Balaban J connectivity index is 1.71. The average Bonchev–Trinajstić information content (AvgIpc) is 2.89. The van der Waals surface area contributed by atoms with Gasteiger partial charge in [0.25, 0.3) is 0 Å². The quantitative estimate of drug-likeness (QED) is 0.627. The minimum Gasteiger partial charge on any atom is -0.376 e. The molecule has 1 unspecified atom stereocenters. The summed E-state index contributed by atoms with van der Waals surface area (Å²) in [6.07, 6.45) is 6.89. The molecule has 0 aromatic heterocycles. The molecule has 0 aliphatic heterocycles. The van der Waals surface area contributed by atoms with E-state index < -0.39 is 0 Å². The lowest BCUT2D eigenvalue weighted by Gasteiger charge is -2.29. The molecule has 1 nitrogen and oxygen atoms in total. The van der Waals surface area contributed by atoms with Crippen LogP contribution in [0.1, 0.15) is 44.6 Å². The minimum atomic E-state index is 0.551. The van der Waals surface area contributed by atoms with E-state index in [1.165, 1.54) is 37.7 Å². The highest BCUT2D eigenvalue weighted by Crippen LogP contribution is 2.44. The monoisotopic (exact) mass is 324 g/mol. The maximum Gasteiger partial charge on any atom is 0.0717 e. The van der Waals surface area contributed by atoms with Gasteiger partial charge in [-0.2, -0.15) is 0 Å². The summed E-state index contributed by atoms with van der Waals surface area (Å²) in [7, 11) is 0. The van der Waals surface area contributed by atoms with E-state index in [-0.39, 0.29) is 0 Å². The largest absolute Gasteiger partial charge is 0.376 e. The van der Waals surface area contributed by atoms with Crippen molar-refractivity contribution in [3.8, 4) is 0 Å². The van der Waals surface area contributed by atoms with Crippen LogP contribution in [0.15, 0.2) is 30.3 Å². The highest BCUT2D eigenvalue weighted by atomic mass is 79.9. The summed E-state index contributed by atoms with van der Waals surface area (Å²) < 4.78 is 5.87. The van der Waals surface area contributed by atoms with Gasteiger partial charge in [0.15, 0.2) is 0 Å².